The fourth-order valence-corrected chi connectivity index (χ4v) is 3.24. The fourth-order valence-electron chi connectivity index (χ4n) is 3.24. The van der Waals surface area contributed by atoms with E-state index >= 15 is 0 Å². The number of nitrogens with one attached hydrogen (secondary N) is 2. The molecular weight excluding hydrogens is 359 g/mol. The Morgan fingerprint density at radius 3 is 2.15 bits per heavy atom. The van der Waals surface area contributed by atoms with E-state index in [1.807, 2.05) is 19.0 Å². The number of nitrogens with zero attached hydrogens (tertiary/aromatic N) is 1. The van der Waals surface area contributed by atoms with Crippen molar-refractivity contribution < 1.29 is 22.8 Å². The van der Waals surface area contributed by atoms with Crippen molar-refractivity contribution in [1.82, 2.24) is 10.2 Å². The lowest BCUT2D eigenvalue weighted by Crippen LogP contribution is -2.38. The Bertz CT molecular complexity index is 654. The monoisotopic (exact) mass is 385 g/mol. The molecule has 0 spiro atoms. The molecule has 27 heavy (non-hydrogen) atoms. The van der Waals surface area contributed by atoms with Gasteiger partial charge in [-0.15, -0.1) is 0 Å². The number of para-hydroxylation sites is 1. The van der Waals surface area contributed by atoms with Gasteiger partial charge in [-0.1, -0.05) is 12.1 Å². The van der Waals surface area contributed by atoms with Crippen molar-refractivity contribution in [3.63, 3.8) is 0 Å². The number of likely N-dealkylation sites (N-methyl/N-ethyl adjacent to an activating group) is 1. The highest BCUT2D eigenvalue weighted by atomic mass is 19.4. The molecule has 0 bridgehead atoms. The molecule has 1 aromatic rings. The average Bonchev–Trinajstić information content (AvgIpc) is 2.61. The molecule has 2 N–H and O–H groups in total. The summed E-state index contributed by atoms with van der Waals surface area (Å²) in [5, 5.41) is 5.30. The summed E-state index contributed by atoms with van der Waals surface area (Å²) < 4.78 is 39.1. The molecule has 150 valence electrons. The first kappa shape index (κ1) is 21.2. The van der Waals surface area contributed by atoms with E-state index in [1.54, 1.807) is 0 Å². The van der Waals surface area contributed by atoms with Gasteiger partial charge < -0.3 is 15.5 Å². The summed E-state index contributed by atoms with van der Waals surface area (Å²) in [6.45, 7) is 1.32. The van der Waals surface area contributed by atoms with Crippen LogP contribution in [0.1, 0.15) is 31.2 Å². The number of benzene rings is 1. The Labute approximate surface area is 157 Å². The molecule has 0 heterocycles. The van der Waals surface area contributed by atoms with Gasteiger partial charge in [0.25, 0.3) is 0 Å². The zero-order valence-electron chi connectivity index (χ0n) is 15.6. The molecule has 5 nitrogen and oxygen atoms in total. The minimum Gasteiger partial charge on any atom is -0.355 e. The third-order valence-electron chi connectivity index (χ3n) is 4.82. The maximum Gasteiger partial charge on any atom is 0.418 e. The summed E-state index contributed by atoms with van der Waals surface area (Å²) in [7, 11) is 3.85. The van der Waals surface area contributed by atoms with Gasteiger partial charge in [-0.2, -0.15) is 13.2 Å². The van der Waals surface area contributed by atoms with Crippen LogP contribution in [0.25, 0.3) is 0 Å². The lowest BCUT2D eigenvalue weighted by Gasteiger charge is -2.27. The lowest BCUT2D eigenvalue weighted by atomic mass is 9.81. The van der Waals surface area contributed by atoms with Crippen LogP contribution in [0.3, 0.4) is 0 Å². The summed E-state index contributed by atoms with van der Waals surface area (Å²) in [5.74, 6) is -0.952. The predicted octanol–water partition coefficient (Wildman–Crippen LogP) is 3.13. The van der Waals surface area contributed by atoms with Crippen molar-refractivity contribution in [2.75, 3.05) is 32.5 Å². The van der Waals surface area contributed by atoms with Crippen LogP contribution in [0.2, 0.25) is 0 Å². The minimum absolute atomic E-state index is 0.0156. The first-order valence-corrected chi connectivity index (χ1v) is 9.08. The number of alkyl halides is 3. The van der Waals surface area contributed by atoms with Crippen LogP contribution in [0.15, 0.2) is 24.3 Å². The van der Waals surface area contributed by atoms with Crippen molar-refractivity contribution in [1.29, 1.82) is 0 Å². The van der Waals surface area contributed by atoms with Crippen molar-refractivity contribution >= 4 is 17.5 Å². The van der Waals surface area contributed by atoms with E-state index in [2.05, 4.69) is 10.6 Å². The summed E-state index contributed by atoms with van der Waals surface area (Å²) in [4.78, 5) is 26.5. The number of halogens is 3. The third-order valence-corrected chi connectivity index (χ3v) is 4.82. The van der Waals surface area contributed by atoms with Crippen molar-refractivity contribution in [3.05, 3.63) is 29.8 Å². The van der Waals surface area contributed by atoms with Crippen molar-refractivity contribution in [2.24, 2.45) is 11.8 Å². The average molecular weight is 385 g/mol. The van der Waals surface area contributed by atoms with Crippen LogP contribution < -0.4 is 10.6 Å². The van der Waals surface area contributed by atoms with Gasteiger partial charge >= 0.3 is 6.18 Å². The molecule has 1 aliphatic carbocycles. The lowest BCUT2D eigenvalue weighted by molar-refractivity contribution is -0.137. The SMILES string of the molecule is CN(C)CCNC(=O)C1CCC(C(=O)Nc2ccccc2C(F)(F)F)CC1. The Morgan fingerprint density at radius 1 is 1.04 bits per heavy atom. The maximum absolute atomic E-state index is 13.0. The number of rotatable bonds is 6. The molecular formula is C19H26F3N3O2. The predicted molar refractivity (Wildman–Crippen MR) is 97.1 cm³/mol. The molecule has 1 saturated carbocycles. The Balaban J connectivity index is 1.86. The van der Waals surface area contributed by atoms with Gasteiger partial charge in [-0.3, -0.25) is 9.59 Å². The Morgan fingerprint density at radius 2 is 1.59 bits per heavy atom. The highest BCUT2D eigenvalue weighted by molar-refractivity contribution is 5.93. The van der Waals surface area contributed by atoms with Gasteiger partial charge in [0.15, 0.2) is 0 Å². The van der Waals surface area contributed by atoms with Crippen LogP contribution in [0.5, 0.6) is 0 Å². The number of amides is 2. The van der Waals surface area contributed by atoms with Gasteiger partial charge in [-0.05, 0) is 51.9 Å². The molecule has 0 radical (unpaired) electrons. The zero-order valence-corrected chi connectivity index (χ0v) is 15.6. The molecule has 0 atom stereocenters. The second-order valence-electron chi connectivity index (χ2n) is 7.18. The van der Waals surface area contributed by atoms with Gasteiger partial charge in [0.05, 0.1) is 11.3 Å². The first-order chi connectivity index (χ1) is 12.7. The third kappa shape index (κ3) is 6.23. The van der Waals surface area contributed by atoms with Gasteiger partial charge in [0, 0.05) is 24.9 Å². The maximum atomic E-state index is 13.0. The quantitative estimate of drug-likeness (QED) is 0.791. The molecule has 0 saturated heterocycles. The summed E-state index contributed by atoms with van der Waals surface area (Å²) in [5.41, 5.74) is -1.08. The van der Waals surface area contributed by atoms with Crippen LogP contribution in [-0.2, 0) is 15.8 Å². The minimum atomic E-state index is -4.52. The number of carbonyl (C=O) groups excluding carboxylic acids is 2. The summed E-state index contributed by atoms with van der Waals surface area (Å²) >= 11 is 0. The van der Waals surface area contributed by atoms with E-state index in [0.29, 0.717) is 32.2 Å². The highest BCUT2D eigenvalue weighted by Crippen LogP contribution is 2.35. The van der Waals surface area contributed by atoms with Crippen LogP contribution in [0, 0.1) is 11.8 Å². The molecule has 0 aliphatic heterocycles. The molecule has 1 fully saturated rings. The zero-order chi connectivity index (χ0) is 20.0. The number of hydrogen-bond acceptors (Lipinski definition) is 3. The molecule has 8 heteroatoms. The second-order valence-corrected chi connectivity index (χ2v) is 7.18. The number of anilines is 1. The molecule has 1 aliphatic rings. The van der Waals surface area contributed by atoms with E-state index in [4.69, 9.17) is 0 Å². The molecule has 2 amide bonds. The van der Waals surface area contributed by atoms with Gasteiger partial charge in [-0.25, -0.2) is 0 Å². The number of carbonyl (C=O) groups is 2. The van der Waals surface area contributed by atoms with E-state index in [1.165, 1.54) is 18.2 Å². The Hall–Kier alpha value is -2.09. The fraction of sp³-hybridized carbons (Fsp3) is 0.579. The second kappa shape index (κ2) is 9.21. The van der Waals surface area contributed by atoms with E-state index < -0.39 is 17.6 Å². The Kier molecular flexibility index (Phi) is 7.24. The first-order valence-electron chi connectivity index (χ1n) is 9.08. The molecule has 1 aromatic carbocycles. The molecule has 0 unspecified atom stereocenters. The van der Waals surface area contributed by atoms with Crippen LogP contribution >= 0.6 is 0 Å². The molecule has 0 aromatic heterocycles. The highest BCUT2D eigenvalue weighted by Gasteiger charge is 2.35. The normalized spacial score (nSPS) is 20.4. The smallest absolute Gasteiger partial charge is 0.355 e. The largest absolute Gasteiger partial charge is 0.418 e. The van der Waals surface area contributed by atoms with Gasteiger partial charge in [0.1, 0.15) is 0 Å². The van der Waals surface area contributed by atoms with Crippen LogP contribution in [-0.4, -0.2) is 43.9 Å². The van der Waals surface area contributed by atoms with Gasteiger partial charge in [0.2, 0.25) is 11.8 Å². The summed E-state index contributed by atoms with van der Waals surface area (Å²) in [6, 6.07) is 4.95. The number of hydrogen-bond donors (Lipinski definition) is 2. The van der Waals surface area contributed by atoms with E-state index in [9.17, 15) is 22.8 Å². The van der Waals surface area contributed by atoms with Crippen LogP contribution in [0.4, 0.5) is 18.9 Å². The topological polar surface area (TPSA) is 61.4 Å². The van der Waals surface area contributed by atoms with Crippen molar-refractivity contribution in [2.45, 2.75) is 31.9 Å². The van der Waals surface area contributed by atoms with E-state index in [-0.39, 0.29) is 23.4 Å². The summed E-state index contributed by atoms with van der Waals surface area (Å²) in [6.07, 6.45) is -2.41. The van der Waals surface area contributed by atoms with Crippen molar-refractivity contribution in [3.8, 4) is 0 Å². The molecule has 2 rings (SSSR count). The van der Waals surface area contributed by atoms with E-state index in [0.717, 1.165) is 12.6 Å². The standard InChI is InChI=1S/C19H26F3N3O2/c1-25(2)12-11-23-17(26)13-7-9-14(10-8-13)18(27)24-16-6-4-3-5-15(16)19(20,21)22/h3-6,13-14H,7-12H2,1-2H3,(H,23,26)(H,24,27).